The van der Waals surface area contributed by atoms with Gasteiger partial charge in [-0.25, -0.2) is 4.39 Å². The van der Waals surface area contributed by atoms with Gasteiger partial charge >= 0.3 is 0 Å². The first-order chi connectivity index (χ1) is 14.0. The Bertz CT molecular complexity index is 1170. The summed E-state index contributed by atoms with van der Waals surface area (Å²) in [6.07, 6.45) is 0. The Morgan fingerprint density at radius 1 is 1.03 bits per heavy atom. The highest BCUT2D eigenvalue weighted by Crippen LogP contribution is 2.23. The Hall–Kier alpha value is -3.74. The Labute approximate surface area is 166 Å². The SMILES string of the molecule is CCOc1ccc(C(=O)Nc2cc3nn(-c4ccc(F)cc4)nc3cc2C)cc1. The molecule has 146 valence electrons. The number of aromatic nitrogens is 3. The summed E-state index contributed by atoms with van der Waals surface area (Å²) in [7, 11) is 0. The lowest BCUT2D eigenvalue weighted by Gasteiger charge is -2.09. The van der Waals surface area contributed by atoms with Crippen molar-refractivity contribution in [3.8, 4) is 11.4 Å². The molecule has 4 aromatic rings. The highest BCUT2D eigenvalue weighted by Gasteiger charge is 2.12. The second-order valence-electron chi connectivity index (χ2n) is 6.53. The molecule has 1 aromatic heterocycles. The Morgan fingerprint density at radius 2 is 1.69 bits per heavy atom. The number of hydrogen-bond donors (Lipinski definition) is 1. The van der Waals surface area contributed by atoms with Crippen molar-refractivity contribution in [1.29, 1.82) is 0 Å². The molecular formula is C22H19FN4O2. The van der Waals surface area contributed by atoms with Crippen LogP contribution in [0.4, 0.5) is 10.1 Å². The number of halogens is 1. The number of amides is 1. The molecule has 0 aliphatic heterocycles. The number of anilines is 1. The van der Waals surface area contributed by atoms with Crippen LogP contribution in [-0.2, 0) is 0 Å². The first kappa shape index (κ1) is 18.6. The number of carbonyl (C=O) groups is 1. The van der Waals surface area contributed by atoms with Gasteiger partial charge < -0.3 is 10.1 Å². The van der Waals surface area contributed by atoms with Crippen LogP contribution in [0.3, 0.4) is 0 Å². The highest BCUT2D eigenvalue weighted by molar-refractivity contribution is 6.05. The molecular weight excluding hydrogens is 371 g/mol. The number of carbonyl (C=O) groups excluding carboxylic acids is 1. The predicted octanol–water partition coefficient (Wildman–Crippen LogP) is 4.52. The summed E-state index contributed by atoms with van der Waals surface area (Å²) in [5, 5.41) is 11.8. The lowest BCUT2D eigenvalue weighted by atomic mass is 10.1. The molecule has 7 heteroatoms. The normalized spacial score (nSPS) is 10.9. The van der Waals surface area contributed by atoms with Gasteiger partial charge in [0.05, 0.1) is 12.3 Å². The molecule has 3 aromatic carbocycles. The van der Waals surface area contributed by atoms with E-state index in [0.29, 0.717) is 34.6 Å². The van der Waals surface area contributed by atoms with Gasteiger partial charge in [0.15, 0.2) is 0 Å². The number of rotatable bonds is 5. The fourth-order valence-electron chi connectivity index (χ4n) is 2.96. The van der Waals surface area contributed by atoms with Gasteiger partial charge in [0.2, 0.25) is 0 Å². The summed E-state index contributed by atoms with van der Waals surface area (Å²) in [5.41, 5.74) is 4.02. The Kier molecular flexibility index (Phi) is 4.95. The van der Waals surface area contributed by atoms with Gasteiger partial charge in [-0.1, -0.05) is 0 Å². The zero-order valence-corrected chi connectivity index (χ0v) is 16.0. The van der Waals surface area contributed by atoms with E-state index in [1.54, 1.807) is 42.5 Å². The van der Waals surface area contributed by atoms with E-state index in [1.165, 1.54) is 16.9 Å². The molecule has 0 saturated carbocycles. The quantitative estimate of drug-likeness (QED) is 0.544. The van der Waals surface area contributed by atoms with E-state index in [-0.39, 0.29) is 11.7 Å². The number of fused-ring (bicyclic) bond motifs is 1. The molecule has 1 amide bonds. The topological polar surface area (TPSA) is 69.0 Å². The van der Waals surface area contributed by atoms with Gasteiger partial charge in [-0.2, -0.15) is 4.80 Å². The van der Waals surface area contributed by atoms with Gasteiger partial charge in [-0.3, -0.25) is 4.79 Å². The number of aryl methyl sites for hydroxylation is 1. The molecule has 1 N–H and O–H groups in total. The van der Waals surface area contributed by atoms with Gasteiger partial charge in [-0.05, 0) is 80.1 Å². The molecule has 0 unspecified atom stereocenters. The third kappa shape index (κ3) is 3.94. The molecule has 29 heavy (non-hydrogen) atoms. The van der Waals surface area contributed by atoms with Crippen molar-refractivity contribution in [2.75, 3.05) is 11.9 Å². The second-order valence-corrected chi connectivity index (χ2v) is 6.53. The van der Waals surface area contributed by atoms with Crippen molar-refractivity contribution in [2.45, 2.75) is 13.8 Å². The maximum atomic E-state index is 13.1. The fraction of sp³-hybridized carbons (Fsp3) is 0.136. The van der Waals surface area contributed by atoms with Crippen LogP contribution in [0, 0.1) is 12.7 Å². The lowest BCUT2D eigenvalue weighted by Crippen LogP contribution is -2.12. The number of nitrogens with zero attached hydrogens (tertiary/aromatic N) is 3. The summed E-state index contributed by atoms with van der Waals surface area (Å²) in [6.45, 7) is 4.37. The summed E-state index contributed by atoms with van der Waals surface area (Å²) >= 11 is 0. The van der Waals surface area contributed by atoms with Crippen LogP contribution in [0.5, 0.6) is 5.75 Å². The zero-order chi connectivity index (χ0) is 20.4. The van der Waals surface area contributed by atoms with Crippen LogP contribution in [-0.4, -0.2) is 27.5 Å². The third-order valence-electron chi connectivity index (χ3n) is 4.46. The molecule has 0 aliphatic rings. The van der Waals surface area contributed by atoms with Crippen LogP contribution in [0.25, 0.3) is 16.7 Å². The Balaban J connectivity index is 1.59. The average Bonchev–Trinajstić information content (AvgIpc) is 3.12. The molecule has 0 fully saturated rings. The van der Waals surface area contributed by atoms with E-state index in [2.05, 4.69) is 15.5 Å². The number of ether oxygens (including phenoxy) is 1. The molecule has 0 atom stereocenters. The van der Waals surface area contributed by atoms with Gasteiger partial charge in [-0.15, -0.1) is 10.2 Å². The van der Waals surface area contributed by atoms with Crippen molar-refractivity contribution >= 4 is 22.6 Å². The average molecular weight is 390 g/mol. The zero-order valence-electron chi connectivity index (χ0n) is 16.0. The van der Waals surface area contributed by atoms with Crippen molar-refractivity contribution in [1.82, 2.24) is 15.0 Å². The van der Waals surface area contributed by atoms with Crippen LogP contribution >= 0.6 is 0 Å². The number of nitrogens with one attached hydrogen (secondary N) is 1. The Morgan fingerprint density at radius 3 is 2.34 bits per heavy atom. The molecule has 0 saturated heterocycles. The largest absolute Gasteiger partial charge is 0.494 e. The minimum absolute atomic E-state index is 0.221. The smallest absolute Gasteiger partial charge is 0.255 e. The van der Waals surface area contributed by atoms with E-state index in [4.69, 9.17) is 4.74 Å². The van der Waals surface area contributed by atoms with Gasteiger partial charge in [0.25, 0.3) is 5.91 Å². The first-order valence-electron chi connectivity index (χ1n) is 9.21. The minimum atomic E-state index is -0.319. The van der Waals surface area contributed by atoms with Crippen LogP contribution in [0.1, 0.15) is 22.8 Å². The van der Waals surface area contributed by atoms with Crippen molar-refractivity contribution in [3.05, 3.63) is 77.6 Å². The molecule has 0 radical (unpaired) electrons. The third-order valence-corrected chi connectivity index (χ3v) is 4.46. The van der Waals surface area contributed by atoms with E-state index in [1.807, 2.05) is 19.9 Å². The van der Waals surface area contributed by atoms with Crippen molar-refractivity contribution in [2.24, 2.45) is 0 Å². The van der Waals surface area contributed by atoms with E-state index < -0.39 is 0 Å². The lowest BCUT2D eigenvalue weighted by molar-refractivity contribution is 0.102. The molecule has 0 aliphatic carbocycles. The number of benzene rings is 3. The number of hydrogen-bond acceptors (Lipinski definition) is 4. The summed E-state index contributed by atoms with van der Waals surface area (Å²) in [5.74, 6) is 0.182. The van der Waals surface area contributed by atoms with E-state index in [0.717, 1.165) is 11.3 Å². The molecule has 0 bridgehead atoms. The van der Waals surface area contributed by atoms with Crippen molar-refractivity contribution < 1.29 is 13.9 Å². The second kappa shape index (κ2) is 7.71. The van der Waals surface area contributed by atoms with E-state index >= 15 is 0 Å². The molecule has 0 spiro atoms. The standard InChI is InChI=1S/C22H19FN4O2/c1-3-29-18-10-4-15(5-11-18)22(28)24-19-13-21-20(12-14(19)2)25-27(26-21)17-8-6-16(23)7-9-17/h4-13H,3H2,1-2H3,(H,24,28). The van der Waals surface area contributed by atoms with Crippen LogP contribution in [0.2, 0.25) is 0 Å². The summed E-state index contributed by atoms with van der Waals surface area (Å²) < 4.78 is 18.5. The molecule has 6 nitrogen and oxygen atoms in total. The predicted molar refractivity (Wildman–Crippen MR) is 109 cm³/mol. The van der Waals surface area contributed by atoms with E-state index in [9.17, 15) is 9.18 Å². The minimum Gasteiger partial charge on any atom is -0.494 e. The highest BCUT2D eigenvalue weighted by atomic mass is 19.1. The maximum Gasteiger partial charge on any atom is 0.255 e. The monoisotopic (exact) mass is 390 g/mol. The fourth-order valence-corrected chi connectivity index (χ4v) is 2.96. The maximum absolute atomic E-state index is 13.1. The van der Waals surface area contributed by atoms with Gasteiger partial charge in [0.1, 0.15) is 22.6 Å². The van der Waals surface area contributed by atoms with Crippen LogP contribution < -0.4 is 10.1 Å². The first-order valence-corrected chi connectivity index (χ1v) is 9.21. The molecule has 4 rings (SSSR count). The summed E-state index contributed by atoms with van der Waals surface area (Å²) in [4.78, 5) is 14.0. The van der Waals surface area contributed by atoms with Crippen molar-refractivity contribution in [3.63, 3.8) is 0 Å². The van der Waals surface area contributed by atoms with Crippen LogP contribution in [0.15, 0.2) is 60.7 Å². The summed E-state index contributed by atoms with van der Waals surface area (Å²) in [6, 6.07) is 16.5. The van der Waals surface area contributed by atoms with Gasteiger partial charge in [0, 0.05) is 11.3 Å². The molecule has 1 heterocycles.